The van der Waals surface area contributed by atoms with Crippen molar-refractivity contribution in [3.63, 3.8) is 0 Å². The highest BCUT2D eigenvalue weighted by Crippen LogP contribution is 2.10. The SMILES string of the molecule is Cc1cc(C)cc(Cn2ncc(NCC(C)C)cc2=O)c1. The molecule has 0 bridgehead atoms. The van der Waals surface area contributed by atoms with Crippen molar-refractivity contribution < 1.29 is 0 Å². The van der Waals surface area contributed by atoms with Crippen molar-refractivity contribution in [2.45, 2.75) is 34.2 Å². The number of rotatable bonds is 5. The molecule has 1 aromatic heterocycles. The van der Waals surface area contributed by atoms with Gasteiger partial charge in [0.2, 0.25) is 0 Å². The lowest BCUT2D eigenvalue weighted by Crippen LogP contribution is -2.23. The molecule has 1 heterocycles. The molecule has 0 saturated heterocycles. The van der Waals surface area contributed by atoms with Crippen LogP contribution in [0.4, 0.5) is 5.69 Å². The van der Waals surface area contributed by atoms with Crippen molar-refractivity contribution >= 4 is 5.69 Å². The van der Waals surface area contributed by atoms with Gasteiger partial charge in [-0.15, -0.1) is 0 Å². The van der Waals surface area contributed by atoms with Crippen LogP contribution in [0.3, 0.4) is 0 Å². The van der Waals surface area contributed by atoms with Gasteiger partial charge in [-0.2, -0.15) is 5.10 Å². The average molecular weight is 285 g/mol. The Morgan fingerprint density at radius 3 is 2.38 bits per heavy atom. The summed E-state index contributed by atoms with van der Waals surface area (Å²) in [6.45, 7) is 9.72. The monoisotopic (exact) mass is 285 g/mol. The number of aromatic nitrogens is 2. The first-order chi connectivity index (χ1) is 9.94. The molecule has 0 atom stereocenters. The number of benzene rings is 1. The van der Waals surface area contributed by atoms with E-state index in [0.29, 0.717) is 12.5 Å². The highest BCUT2D eigenvalue weighted by Gasteiger charge is 2.03. The highest BCUT2D eigenvalue weighted by molar-refractivity contribution is 5.38. The molecule has 21 heavy (non-hydrogen) atoms. The van der Waals surface area contributed by atoms with E-state index in [4.69, 9.17) is 0 Å². The van der Waals surface area contributed by atoms with Gasteiger partial charge >= 0.3 is 0 Å². The summed E-state index contributed by atoms with van der Waals surface area (Å²) in [7, 11) is 0. The van der Waals surface area contributed by atoms with E-state index in [1.165, 1.54) is 15.8 Å². The van der Waals surface area contributed by atoms with Crippen LogP contribution in [0.25, 0.3) is 0 Å². The van der Waals surface area contributed by atoms with Crippen LogP contribution < -0.4 is 10.9 Å². The molecule has 0 aliphatic rings. The van der Waals surface area contributed by atoms with E-state index >= 15 is 0 Å². The molecule has 0 aliphatic carbocycles. The van der Waals surface area contributed by atoms with Gasteiger partial charge in [-0.05, 0) is 25.3 Å². The minimum absolute atomic E-state index is 0.0806. The number of hydrogen-bond donors (Lipinski definition) is 1. The fourth-order valence-electron chi connectivity index (χ4n) is 2.30. The Morgan fingerprint density at radius 2 is 1.81 bits per heavy atom. The van der Waals surface area contributed by atoms with Gasteiger partial charge < -0.3 is 5.32 Å². The van der Waals surface area contributed by atoms with E-state index < -0.39 is 0 Å². The van der Waals surface area contributed by atoms with Crippen molar-refractivity contribution in [1.29, 1.82) is 0 Å². The van der Waals surface area contributed by atoms with Gasteiger partial charge in [-0.1, -0.05) is 43.2 Å². The summed E-state index contributed by atoms with van der Waals surface area (Å²) in [6.07, 6.45) is 1.71. The van der Waals surface area contributed by atoms with Crippen molar-refractivity contribution in [1.82, 2.24) is 9.78 Å². The fourth-order valence-corrected chi connectivity index (χ4v) is 2.30. The summed E-state index contributed by atoms with van der Waals surface area (Å²) in [5.74, 6) is 0.530. The Labute approximate surface area is 125 Å². The molecule has 4 nitrogen and oxygen atoms in total. The molecule has 0 unspecified atom stereocenters. The van der Waals surface area contributed by atoms with E-state index in [1.807, 2.05) is 0 Å². The quantitative estimate of drug-likeness (QED) is 0.918. The van der Waals surface area contributed by atoms with Crippen LogP contribution in [0.2, 0.25) is 0 Å². The van der Waals surface area contributed by atoms with Gasteiger partial charge in [0.25, 0.3) is 5.56 Å². The van der Waals surface area contributed by atoms with E-state index in [2.05, 4.69) is 56.3 Å². The summed E-state index contributed by atoms with van der Waals surface area (Å²) in [5, 5.41) is 7.47. The molecule has 0 fully saturated rings. The zero-order chi connectivity index (χ0) is 15.4. The summed E-state index contributed by atoms with van der Waals surface area (Å²) in [5.41, 5.74) is 4.21. The van der Waals surface area contributed by atoms with Crippen molar-refractivity contribution in [3.05, 3.63) is 57.5 Å². The third kappa shape index (κ3) is 4.45. The molecular formula is C17H23N3O. The lowest BCUT2D eigenvalue weighted by Gasteiger charge is -2.10. The smallest absolute Gasteiger partial charge is 0.269 e. The molecule has 0 radical (unpaired) electrons. The van der Waals surface area contributed by atoms with Crippen LogP contribution in [0.1, 0.15) is 30.5 Å². The number of nitrogens with one attached hydrogen (secondary N) is 1. The van der Waals surface area contributed by atoms with Crippen LogP contribution in [-0.4, -0.2) is 16.3 Å². The van der Waals surface area contributed by atoms with Crippen LogP contribution in [-0.2, 0) is 6.54 Å². The number of anilines is 1. The Hall–Kier alpha value is -2.10. The van der Waals surface area contributed by atoms with Crippen molar-refractivity contribution in [3.8, 4) is 0 Å². The number of hydrogen-bond acceptors (Lipinski definition) is 3. The van der Waals surface area contributed by atoms with Gasteiger partial charge in [-0.3, -0.25) is 4.79 Å². The molecule has 2 rings (SSSR count). The Bertz CT molecular complexity index is 654. The van der Waals surface area contributed by atoms with Crippen molar-refractivity contribution in [2.75, 3.05) is 11.9 Å². The number of nitrogens with zero attached hydrogens (tertiary/aromatic N) is 2. The Kier molecular flexibility index (Phi) is 4.78. The lowest BCUT2D eigenvalue weighted by atomic mass is 10.1. The van der Waals surface area contributed by atoms with Crippen LogP contribution in [0, 0.1) is 19.8 Å². The third-order valence-electron chi connectivity index (χ3n) is 3.20. The third-order valence-corrected chi connectivity index (χ3v) is 3.20. The summed E-state index contributed by atoms with van der Waals surface area (Å²) in [6, 6.07) is 7.91. The number of aryl methyl sites for hydroxylation is 2. The van der Waals surface area contributed by atoms with Crippen molar-refractivity contribution in [2.24, 2.45) is 5.92 Å². The molecule has 0 spiro atoms. The molecule has 0 aliphatic heterocycles. The van der Waals surface area contributed by atoms with Gasteiger partial charge in [0.05, 0.1) is 18.4 Å². The van der Waals surface area contributed by atoms with Crippen LogP contribution in [0.15, 0.2) is 35.3 Å². The molecule has 2 aromatic rings. The maximum absolute atomic E-state index is 12.1. The maximum atomic E-state index is 12.1. The summed E-state index contributed by atoms with van der Waals surface area (Å²) in [4.78, 5) is 12.1. The van der Waals surface area contributed by atoms with Crippen LogP contribution >= 0.6 is 0 Å². The highest BCUT2D eigenvalue weighted by atomic mass is 16.1. The maximum Gasteiger partial charge on any atom is 0.269 e. The second kappa shape index (κ2) is 6.57. The van der Waals surface area contributed by atoms with Gasteiger partial charge in [0, 0.05) is 12.6 Å². The minimum Gasteiger partial charge on any atom is -0.383 e. The zero-order valence-corrected chi connectivity index (χ0v) is 13.2. The Balaban J connectivity index is 2.15. The molecule has 0 amide bonds. The average Bonchev–Trinajstić information content (AvgIpc) is 2.38. The predicted octanol–water partition coefficient (Wildman–Crippen LogP) is 2.98. The first-order valence-electron chi connectivity index (χ1n) is 7.32. The molecule has 0 saturated carbocycles. The summed E-state index contributed by atoms with van der Waals surface area (Å²) < 4.78 is 1.49. The molecule has 1 N–H and O–H groups in total. The minimum atomic E-state index is -0.0806. The molecule has 4 heteroatoms. The molecular weight excluding hydrogens is 262 g/mol. The molecule has 112 valence electrons. The fraction of sp³-hybridized carbons (Fsp3) is 0.412. The second-order valence-corrected chi connectivity index (χ2v) is 6.01. The first-order valence-corrected chi connectivity index (χ1v) is 7.32. The predicted molar refractivity (Wildman–Crippen MR) is 86.8 cm³/mol. The lowest BCUT2D eigenvalue weighted by molar-refractivity contribution is 0.636. The summed E-state index contributed by atoms with van der Waals surface area (Å²) >= 11 is 0. The van der Waals surface area contributed by atoms with Gasteiger partial charge in [0.1, 0.15) is 0 Å². The van der Waals surface area contributed by atoms with E-state index in [-0.39, 0.29) is 5.56 Å². The van der Waals surface area contributed by atoms with Gasteiger partial charge in [0.15, 0.2) is 0 Å². The standard InChI is InChI=1S/C17H23N3O/c1-12(2)9-18-16-8-17(21)20(19-10-16)11-15-6-13(3)5-14(4)7-15/h5-8,10,12,18H,9,11H2,1-4H3. The van der Waals surface area contributed by atoms with E-state index in [9.17, 15) is 4.79 Å². The van der Waals surface area contributed by atoms with Crippen LogP contribution in [0.5, 0.6) is 0 Å². The second-order valence-electron chi connectivity index (χ2n) is 6.01. The largest absolute Gasteiger partial charge is 0.383 e. The normalized spacial score (nSPS) is 10.9. The Morgan fingerprint density at radius 1 is 1.14 bits per heavy atom. The van der Waals surface area contributed by atoms with E-state index in [1.54, 1.807) is 12.3 Å². The zero-order valence-electron chi connectivity index (χ0n) is 13.2. The molecule has 1 aromatic carbocycles. The van der Waals surface area contributed by atoms with E-state index in [0.717, 1.165) is 17.8 Å². The topological polar surface area (TPSA) is 46.9 Å². The first kappa shape index (κ1) is 15.3. The van der Waals surface area contributed by atoms with Gasteiger partial charge in [-0.25, -0.2) is 4.68 Å².